The number of benzene rings is 2. The Hall–Kier alpha value is -3.87. The van der Waals surface area contributed by atoms with E-state index in [9.17, 15) is 9.59 Å². The van der Waals surface area contributed by atoms with Gasteiger partial charge in [0.1, 0.15) is 11.5 Å². The van der Waals surface area contributed by atoms with Crippen LogP contribution in [0.4, 0.5) is 17.1 Å². The molecule has 0 atom stereocenters. The number of amides is 1. The Kier molecular flexibility index (Phi) is 6.09. The average molecular weight is 391 g/mol. The van der Waals surface area contributed by atoms with Crippen molar-refractivity contribution in [2.24, 2.45) is 0 Å². The molecule has 1 amide bonds. The molecule has 1 aromatic heterocycles. The summed E-state index contributed by atoms with van der Waals surface area (Å²) in [5.74, 6) is 0.873. The van der Waals surface area contributed by atoms with Crippen LogP contribution in [-0.4, -0.2) is 30.9 Å². The van der Waals surface area contributed by atoms with Gasteiger partial charge in [-0.3, -0.25) is 14.6 Å². The molecule has 1 heterocycles. The largest absolute Gasteiger partial charge is 0.497 e. The summed E-state index contributed by atoms with van der Waals surface area (Å²) in [6, 6.07) is 13.8. The van der Waals surface area contributed by atoms with Gasteiger partial charge in [-0.05, 0) is 37.3 Å². The van der Waals surface area contributed by atoms with Crippen molar-refractivity contribution in [3.05, 3.63) is 72.1 Å². The number of nitrogens with zero attached hydrogens (tertiary/aromatic N) is 1. The smallest absolute Gasteiger partial charge is 0.257 e. The van der Waals surface area contributed by atoms with E-state index >= 15 is 0 Å². The number of nitrogens with one attached hydrogen (secondary N) is 2. The van der Waals surface area contributed by atoms with Crippen LogP contribution in [0.5, 0.6) is 11.5 Å². The van der Waals surface area contributed by atoms with Gasteiger partial charge in [0.2, 0.25) is 0 Å². The van der Waals surface area contributed by atoms with Crippen molar-refractivity contribution in [1.82, 2.24) is 4.98 Å². The van der Waals surface area contributed by atoms with E-state index in [1.54, 1.807) is 62.9 Å². The normalized spacial score (nSPS) is 10.2. The lowest BCUT2D eigenvalue weighted by Gasteiger charge is -2.13. The van der Waals surface area contributed by atoms with Crippen LogP contribution in [-0.2, 0) is 0 Å². The molecule has 0 spiro atoms. The SMILES string of the molecule is COc1ccc(Nc2cncc(C(=O)Nc3cccc(C(C)=O)c3)c2)c(OC)c1. The van der Waals surface area contributed by atoms with Crippen molar-refractivity contribution in [2.45, 2.75) is 6.92 Å². The van der Waals surface area contributed by atoms with Gasteiger partial charge >= 0.3 is 0 Å². The molecule has 3 aromatic rings. The zero-order chi connectivity index (χ0) is 20.8. The van der Waals surface area contributed by atoms with Crippen LogP contribution in [0, 0.1) is 0 Å². The van der Waals surface area contributed by atoms with Gasteiger partial charge in [0, 0.05) is 23.5 Å². The molecular formula is C22H21N3O4. The minimum atomic E-state index is -0.330. The highest BCUT2D eigenvalue weighted by molar-refractivity contribution is 6.05. The maximum absolute atomic E-state index is 12.6. The fourth-order valence-electron chi connectivity index (χ4n) is 2.71. The first-order chi connectivity index (χ1) is 14.0. The zero-order valence-electron chi connectivity index (χ0n) is 16.4. The van der Waals surface area contributed by atoms with Gasteiger partial charge in [-0.25, -0.2) is 0 Å². The molecule has 2 N–H and O–H groups in total. The topological polar surface area (TPSA) is 89.5 Å². The molecule has 0 fully saturated rings. The quantitative estimate of drug-likeness (QED) is 0.584. The van der Waals surface area contributed by atoms with E-state index < -0.39 is 0 Å². The second-order valence-electron chi connectivity index (χ2n) is 6.24. The van der Waals surface area contributed by atoms with Gasteiger partial charge in [-0.2, -0.15) is 0 Å². The molecule has 148 valence electrons. The first-order valence-electron chi connectivity index (χ1n) is 8.86. The molecule has 0 aliphatic carbocycles. The molecule has 0 radical (unpaired) electrons. The van der Waals surface area contributed by atoms with Crippen molar-refractivity contribution in [1.29, 1.82) is 0 Å². The van der Waals surface area contributed by atoms with Crippen LogP contribution in [0.1, 0.15) is 27.6 Å². The highest BCUT2D eigenvalue weighted by Crippen LogP contribution is 2.31. The third-order valence-electron chi connectivity index (χ3n) is 4.22. The summed E-state index contributed by atoms with van der Waals surface area (Å²) in [7, 11) is 3.15. The Balaban J connectivity index is 1.78. The lowest BCUT2D eigenvalue weighted by molar-refractivity contribution is 0.101. The van der Waals surface area contributed by atoms with Gasteiger partial charge in [0.15, 0.2) is 5.78 Å². The van der Waals surface area contributed by atoms with Crippen molar-refractivity contribution < 1.29 is 19.1 Å². The molecule has 0 saturated heterocycles. The Morgan fingerprint density at radius 3 is 2.41 bits per heavy atom. The van der Waals surface area contributed by atoms with Crippen molar-refractivity contribution >= 4 is 28.8 Å². The Bertz CT molecular complexity index is 1050. The number of hydrogen-bond acceptors (Lipinski definition) is 6. The highest BCUT2D eigenvalue weighted by Gasteiger charge is 2.11. The second kappa shape index (κ2) is 8.88. The van der Waals surface area contributed by atoms with Crippen molar-refractivity contribution in [3.63, 3.8) is 0 Å². The standard InChI is InChI=1S/C22H21N3O4/c1-14(26)15-5-4-6-17(9-15)25-22(27)16-10-18(13-23-12-16)24-20-8-7-19(28-2)11-21(20)29-3/h4-13,24H,1-3H3,(H,25,27). The van der Waals surface area contributed by atoms with Gasteiger partial charge in [0.25, 0.3) is 5.91 Å². The highest BCUT2D eigenvalue weighted by atomic mass is 16.5. The summed E-state index contributed by atoms with van der Waals surface area (Å²) in [5, 5.41) is 5.97. The third kappa shape index (κ3) is 4.90. The van der Waals surface area contributed by atoms with Gasteiger partial charge in [-0.15, -0.1) is 0 Å². The number of Topliss-reactive ketones (excluding diaryl/α,β-unsaturated/α-hetero) is 1. The maximum atomic E-state index is 12.6. The molecule has 0 aliphatic heterocycles. The fourth-order valence-corrected chi connectivity index (χ4v) is 2.71. The first kappa shape index (κ1) is 19.9. The number of carbonyl (C=O) groups is 2. The average Bonchev–Trinajstić information content (AvgIpc) is 2.74. The summed E-state index contributed by atoms with van der Waals surface area (Å²) in [6.45, 7) is 1.48. The lowest BCUT2D eigenvalue weighted by atomic mass is 10.1. The minimum absolute atomic E-state index is 0.0672. The van der Waals surface area contributed by atoms with E-state index in [0.29, 0.717) is 39.7 Å². The number of anilines is 3. The summed E-state index contributed by atoms with van der Waals surface area (Å²) < 4.78 is 10.6. The van der Waals surface area contributed by atoms with E-state index in [1.807, 2.05) is 6.07 Å². The summed E-state index contributed by atoms with van der Waals surface area (Å²) in [4.78, 5) is 28.3. The van der Waals surface area contributed by atoms with Crippen LogP contribution in [0.15, 0.2) is 60.9 Å². The number of carbonyl (C=O) groups excluding carboxylic acids is 2. The summed E-state index contributed by atoms with van der Waals surface area (Å²) in [5.41, 5.74) is 2.77. The minimum Gasteiger partial charge on any atom is -0.497 e. The first-order valence-corrected chi connectivity index (χ1v) is 8.86. The van der Waals surface area contributed by atoms with E-state index in [0.717, 1.165) is 0 Å². The number of ketones is 1. The molecule has 7 nitrogen and oxygen atoms in total. The second-order valence-corrected chi connectivity index (χ2v) is 6.24. The Morgan fingerprint density at radius 1 is 0.897 bits per heavy atom. The molecule has 2 aromatic carbocycles. The van der Waals surface area contributed by atoms with Crippen LogP contribution in [0.3, 0.4) is 0 Å². The molecule has 29 heavy (non-hydrogen) atoms. The lowest BCUT2D eigenvalue weighted by Crippen LogP contribution is -2.13. The molecule has 3 rings (SSSR count). The van der Waals surface area contributed by atoms with Crippen molar-refractivity contribution in [3.8, 4) is 11.5 Å². The van der Waals surface area contributed by atoms with Crippen LogP contribution in [0.2, 0.25) is 0 Å². The molecular weight excluding hydrogens is 370 g/mol. The molecule has 0 aliphatic rings. The monoisotopic (exact) mass is 391 g/mol. The van der Waals surface area contributed by atoms with E-state index in [-0.39, 0.29) is 11.7 Å². The number of ether oxygens (including phenoxy) is 2. The van der Waals surface area contributed by atoms with E-state index in [2.05, 4.69) is 15.6 Å². The number of methoxy groups -OCH3 is 2. The Labute approximate surface area is 168 Å². The predicted molar refractivity (Wildman–Crippen MR) is 111 cm³/mol. The molecule has 0 unspecified atom stereocenters. The molecule has 0 bridgehead atoms. The molecule has 7 heteroatoms. The maximum Gasteiger partial charge on any atom is 0.257 e. The number of pyridine rings is 1. The summed E-state index contributed by atoms with van der Waals surface area (Å²) >= 11 is 0. The third-order valence-corrected chi connectivity index (χ3v) is 4.22. The van der Waals surface area contributed by atoms with Gasteiger partial charge < -0.3 is 20.1 Å². The predicted octanol–water partition coefficient (Wildman–Crippen LogP) is 4.30. The van der Waals surface area contributed by atoms with Crippen LogP contribution >= 0.6 is 0 Å². The van der Waals surface area contributed by atoms with Gasteiger partial charge in [0.05, 0.1) is 37.4 Å². The van der Waals surface area contributed by atoms with Crippen LogP contribution < -0.4 is 20.1 Å². The van der Waals surface area contributed by atoms with Crippen LogP contribution in [0.25, 0.3) is 0 Å². The van der Waals surface area contributed by atoms with Gasteiger partial charge in [-0.1, -0.05) is 12.1 Å². The zero-order valence-corrected chi connectivity index (χ0v) is 16.4. The van der Waals surface area contributed by atoms with Crippen molar-refractivity contribution in [2.75, 3.05) is 24.9 Å². The van der Waals surface area contributed by atoms with E-state index in [4.69, 9.17) is 9.47 Å². The fraction of sp³-hybridized carbons (Fsp3) is 0.136. The Morgan fingerprint density at radius 2 is 1.69 bits per heavy atom. The number of hydrogen-bond donors (Lipinski definition) is 2. The summed E-state index contributed by atoms with van der Waals surface area (Å²) in [6.07, 6.45) is 3.08. The number of aromatic nitrogens is 1. The number of rotatable bonds is 7. The van der Waals surface area contributed by atoms with E-state index in [1.165, 1.54) is 13.1 Å². The molecule has 0 saturated carbocycles.